The van der Waals surface area contributed by atoms with Gasteiger partial charge in [0.1, 0.15) is 11.4 Å². The minimum atomic E-state index is 0.715. The van der Waals surface area contributed by atoms with E-state index in [1.54, 1.807) is 0 Å². The molecule has 0 amide bonds. The molecule has 9 aromatic rings. The largest absolute Gasteiger partial charge is 0.256 e. The van der Waals surface area contributed by atoms with Crippen molar-refractivity contribution in [3.63, 3.8) is 0 Å². The summed E-state index contributed by atoms with van der Waals surface area (Å²) in [6.07, 6.45) is 1.87. The molecule has 0 spiro atoms. The van der Waals surface area contributed by atoms with Crippen molar-refractivity contribution >= 4 is 11.4 Å². The van der Waals surface area contributed by atoms with E-state index < -0.39 is 0 Å². The summed E-state index contributed by atoms with van der Waals surface area (Å²) in [6.45, 7) is 0. The Labute approximate surface area is 322 Å². The number of aromatic nitrogens is 4. The van der Waals surface area contributed by atoms with E-state index in [4.69, 9.17) is 25.2 Å². The molecule has 4 heterocycles. The predicted octanol–water partition coefficient (Wildman–Crippen LogP) is 10.8. The van der Waals surface area contributed by atoms with Gasteiger partial charge in [-0.1, -0.05) is 146 Å². The molecule has 6 nitrogen and oxygen atoms in total. The topological polar surface area (TPSA) is 76.3 Å². The molecule has 2 aliphatic rings. The van der Waals surface area contributed by atoms with E-state index in [1.807, 2.05) is 48.7 Å². The number of nitrogens with zero attached hydrogens (tertiary/aromatic N) is 6. The zero-order chi connectivity index (χ0) is 37.0. The average Bonchev–Trinajstić information content (AvgIpc) is 3.85. The Kier molecular flexibility index (Phi) is 7.38. The van der Waals surface area contributed by atoms with E-state index in [9.17, 15) is 0 Å². The van der Waals surface area contributed by atoms with Crippen molar-refractivity contribution in [2.45, 2.75) is 0 Å². The van der Waals surface area contributed by atoms with Crippen LogP contribution in [0.5, 0.6) is 0 Å². The van der Waals surface area contributed by atoms with Gasteiger partial charge in [0, 0.05) is 55.6 Å². The molecule has 0 N–H and O–H groups in total. The standard InChI is InChI=1S/C50H30N6/c1-4-15-31(16-5-1)34-24-14-30-51-48(34)38-23-11-10-21-35(38)37-26-28-41-45(46-42(52-41)29-27-39-36-22-12-13-25-40(36)53-49(39)46)44(37)50-43(32-17-6-2-7-18-32)47(54-56-55-50)33-19-8-3-9-20-33/h1-30H. The summed E-state index contributed by atoms with van der Waals surface area (Å²) in [5, 5.41) is 18.3. The first-order chi connectivity index (χ1) is 27.8. The fraction of sp³-hybridized carbons (Fsp3) is 0. The second-order valence-corrected chi connectivity index (χ2v) is 13.9. The van der Waals surface area contributed by atoms with E-state index in [0.717, 1.165) is 105 Å². The maximum absolute atomic E-state index is 5.26. The van der Waals surface area contributed by atoms with Gasteiger partial charge in [-0.15, -0.1) is 10.2 Å². The van der Waals surface area contributed by atoms with Gasteiger partial charge in [-0.05, 0) is 57.8 Å². The van der Waals surface area contributed by atoms with Crippen molar-refractivity contribution in [3.8, 4) is 78.3 Å². The molecule has 0 saturated heterocycles. The van der Waals surface area contributed by atoms with Crippen LogP contribution in [-0.4, -0.2) is 20.4 Å². The summed E-state index contributed by atoms with van der Waals surface area (Å²) in [4.78, 5) is 15.6. The van der Waals surface area contributed by atoms with E-state index in [-0.39, 0.29) is 0 Å². The fourth-order valence-corrected chi connectivity index (χ4v) is 8.28. The zero-order valence-corrected chi connectivity index (χ0v) is 30.0. The predicted molar refractivity (Wildman–Crippen MR) is 221 cm³/mol. The third kappa shape index (κ3) is 5.04. The first-order valence-electron chi connectivity index (χ1n) is 18.6. The highest BCUT2D eigenvalue weighted by molar-refractivity contribution is 6.08. The summed E-state index contributed by atoms with van der Waals surface area (Å²) in [7, 11) is 0. The molecule has 6 heteroatoms. The Balaban J connectivity index is 1.28. The second kappa shape index (κ2) is 13.0. The van der Waals surface area contributed by atoms with Crippen molar-refractivity contribution in [2.75, 3.05) is 0 Å². The van der Waals surface area contributed by atoms with Gasteiger partial charge in [0.05, 0.1) is 27.8 Å². The summed E-state index contributed by atoms with van der Waals surface area (Å²) >= 11 is 0. The summed E-state index contributed by atoms with van der Waals surface area (Å²) in [5.41, 5.74) is 15.0. The Morgan fingerprint density at radius 2 is 0.982 bits per heavy atom. The molecule has 7 aromatic carbocycles. The van der Waals surface area contributed by atoms with Crippen LogP contribution in [0.1, 0.15) is 0 Å². The molecule has 0 aliphatic carbocycles. The van der Waals surface area contributed by atoms with Crippen LogP contribution in [0.3, 0.4) is 0 Å². The lowest BCUT2D eigenvalue weighted by atomic mass is 9.83. The molecule has 0 bridgehead atoms. The van der Waals surface area contributed by atoms with E-state index in [0.29, 0.717) is 5.69 Å². The quantitative estimate of drug-likeness (QED) is 0.172. The van der Waals surface area contributed by atoms with Gasteiger partial charge >= 0.3 is 0 Å². The number of para-hydroxylation sites is 1. The Morgan fingerprint density at radius 1 is 0.321 bits per heavy atom. The van der Waals surface area contributed by atoms with Crippen molar-refractivity contribution < 1.29 is 0 Å². The summed E-state index contributed by atoms with van der Waals surface area (Å²) in [5.74, 6) is 0. The SMILES string of the molecule is c1ccc(-c2cccnc2-c2ccccc2-c2ccc3c(c2-c2nnnc(-c4ccccc4)c2-c2ccccc2)-c2c4c(ccc2=N3)=c2ccccc2=N4)cc1. The molecule has 2 aliphatic heterocycles. The highest BCUT2D eigenvalue weighted by Gasteiger charge is 2.31. The number of hydrogen-bond acceptors (Lipinski definition) is 6. The van der Waals surface area contributed by atoms with Crippen molar-refractivity contribution in [1.82, 2.24) is 20.4 Å². The molecule has 2 aromatic heterocycles. The Hall–Kier alpha value is -7.70. The third-order valence-corrected chi connectivity index (χ3v) is 10.7. The van der Waals surface area contributed by atoms with Crippen LogP contribution in [0.15, 0.2) is 192 Å². The first-order valence-corrected chi connectivity index (χ1v) is 18.6. The number of fused-ring (bicyclic) bond motifs is 6. The molecular formula is C50H30N6. The highest BCUT2D eigenvalue weighted by Crippen LogP contribution is 2.52. The molecule has 11 rings (SSSR count). The molecule has 0 radical (unpaired) electrons. The molecule has 0 saturated carbocycles. The Morgan fingerprint density at radius 3 is 1.79 bits per heavy atom. The first kappa shape index (κ1) is 31.8. The molecular weight excluding hydrogens is 685 g/mol. The van der Waals surface area contributed by atoms with Crippen LogP contribution in [0.25, 0.3) is 78.3 Å². The van der Waals surface area contributed by atoms with Crippen LogP contribution in [0.2, 0.25) is 0 Å². The van der Waals surface area contributed by atoms with Gasteiger partial charge in [-0.3, -0.25) is 4.98 Å². The van der Waals surface area contributed by atoms with Crippen LogP contribution in [-0.2, 0) is 0 Å². The van der Waals surface area contributed by atoms with Gasteiger partial charge < -0.3 is 0 Å². The van der Waals surface area contributed by atoms with Gasteiger partial charge in [0.25, 0.3) is 0 Å². The molecule has 0 unspecified atom stereocenters. The number of hydrogen-bond donors (Lipinski definition) is 0. The molecule has 56 heavy (non-hydrogen) atoms. The maximum Gasteiger partial charge on any atom is 0.106 e. The molecule has 0 fully saturated rings. The van der Waals surface area contributed by atoms with Crippen LogP contribution in [0.4, 0.5) is 11.4 Å². The minimum absolute atomic E-state index is 0.715. The van der Waals surface area contributed by atoms with Crippen molar-refractivity contribution in [1.29, 1.82) is 0 Å². The van der Waals surface area contributed by atoms with Crippen LogP contribution < -0.4 is 10.7 Å². The second-order valence-electron chi connectivity index (χ2n) is 13.9. The van der Waals surface area contributed by atoms with Crippen molar-refractivity contribution in [3.05, 3.63) is 203 Å². The van der Waals surface area contributed by atoms with E-state index >= 15 is 0 Å². The molecule has 0 atom stereocenters. The molecule has 260 valence electrons. The smallest absolute Gasteiger partial charge is 0.106 e. The lowest BCUT2D eigenvalue weighted by Crippen LogP contribution is -2.05. The van der Waals surface area contributed by atoms with Gasteiger partial charge in [-0.2, -0.15) is 0 Å². The summed E-state index contributed by atoms with van der Waals surface area (Å²) in [6, 6.07) is 60.6. The number of pyridine rings is 1. The monoisotopic (exact) mass is 714 g/mol. The van der Waals surface area contributed by atoms with Gasteiger partial charge in [0.2, 0.25) is 0 Å². The lowest BCUT2D eigenvalue weighted by molar-refractivity contribution is 0.879. The van der Waals surface area contributed by atoms with Gasteiger partial charge in [-0.25, -0.2) is 9.98 Å². The average molecular weight is 715 g/mol. The third-order valence-electron chi connectivity index (χ3n) is 10.7. The normalized spacial score (nSPS) is 11.9. The Bertz CT molecular complexity index is 3240. The fourth-order valence-electron chi connectivity index (χ4n) is 8.28. The van der Waals surface area contributed by atoms with Crippen molar-refractivity contribution in [2.24, 2.45) is 9.98 Å². The van der Waals surface area contributed by atoms with Crippen LogP contribution in [0, 0.1) is 10.4 Å². The number of benzene rings is 7. The number of rotatable bonds is 6. The zero-order valence-electron chi connectivity index (χ0n) is 30.0. The van der Waals surface area contributed by atoms with E-state index in [2.05, 4.69) is 139 Å². The highest BCUT2D eigenvalue weighted by atomic mass is 15.3. The minimum Gasteiger partial charge on any atom is -0.256 e. The maximum atomic E-state index is 5.26. The van der Waals surface area contributed by atoms with E-state index in [1.165, 1.54) is 0 Å². The lowest BCUT2D eigenvalue weighted by Gasteiger charge is -2.21. The summed E-state index contributed by atoms with van der Waals surface area (Å²) < 4.78 is 0. The van der Waals surface area contributed by atoms with Crippen LogP contribution >= 0.6 is 0 Å². The van der Waals surface area contributed by atoms with Gasteiger partial charge in [0.15, 0.2) is 0 Å².